The summed E-state index contributed by atoms with van der Waals surface area (Å²) < 4.78 is 0. The van der Waals surface area contributed by atoms with Crippen molar-refractivity contribution in [2.75, 3.05) is 6.54 Å². The van der Waals surface area contributed by atoms with E-state index >= 15 is 0 Å². The molecule has 1 atom stereocenters. The van der Waals surface area contributed by atoms with Crippen molar-refractivity contribution in [3.63, 3.8) is 0 Å². The fraction of sp³-hybridized carbons (Fsp3) is 0.750. The van der Waals surface area contributed by atoms with Crippen molar-refractivity contribution >= 4 is 6.41 Å². The maximum Gasteiger partial charge on any atom is 0.207 e. The van der Waals surface area contributed by atoms with Gasteiger partial charge in [0.2, 0.25) is 6.41 Å². The Hall–Kier alpha value is -0.570. The maximum absolute atomic E-state index is 9.61. The minimum atomic E-state index is 0.109. The summed E-state index contributed by atoms with van der Waals surface area (Å²) in [5, 5.41) is 2.49. The molecule has 3 nitrogen and oxygen atoms in total. The Bertz CT molecular complexity index is 55.7. The standard InChI is InChI=1S/C4H10N2O/c1-4(2-5)6-3-7/h3-4H,2,5H2,1H3,(H,6,7). The summed E-state index contributed by atoms with van der Waals surface area (Å²) in [7, 11) is 0. The van der Waals surface area contributed by atoms with Gasteiger partial charge in [0.25, 0.3) is 0 Å². The normalized spacial score (nSPS) is 12.9. The van der Waals surface area contributed by atoms with E-state index in [2.05, 4.69) is 5.32 Å². The zero-order valence-electron chi connectivity index (χ0n) is 4.35. The van der Waals surface area contributed by atoms with E-state index in [1.807, 2.05) is 6.92 Å². The van der Waals surface area contributed by atoms with E-state index in [4.69, 9.17) is 5.73 Å². The number of amides is 1. The van der Waals surface area contributed by atoms with Crippen LogP contribution in [0.25, 0.3) is 0 Å². The topological polar surface area (TPSA) is 55.1 Å². The van der Waals surface area contributed by atoms with Crippen molar-refractivity contribution in [1.29, 1.82) is 0 Å². The van der Waals surface area contributed by atoms with E-state index in [9.17, 15) is 4.79 Å². The molecule has 0 radical (unpaired) electrons. The molecule has 0 bridgehead atoms. The average molecular weight is 102 g/mol. The summed E-state index contributed by atoms with van der Waals surface area (Å²) in [6.07, 6.45) is 0.650. The average Bonchev–Trinajstić information content (AvgIpc) is 1.68. The number of hydrogen-bond acceptors (Lipinski definition) is 2. The van der Waals surface area contributed by atoms with Gasteiger partial charge in [-0.25, -0.2) is 0 Å². The van der Waals surface area contributed by atoms with Crippen molar-refractivity contribution in [3.8, 4) is 0 Å². The second kappa shape index (κ2) is 3.61. The van der Waals surface area contributed by atoms with Gasteiger partial charge in [-0.05, 0) is 6.92 Å². The Kier molecular flexibility index (Phi) is 3.32. The number of nitrogens with one attached hydrogen (secondary N) is 1. The summed E-state index contributed by atoms with van der Waals surface area (Å²) >= 11 is 0. The van der Waals surface area contributed by atoms with Gasteiger partial charge < -0.3 is 11.1 Å². The molecule has 0 saturated carbocycles. The van der Waals surface area contributed by atoms with Crippen LogP contribution in [0.2, 0.25) is 0 Å². The highest BCUT2D eigenvalue weighted by Gasteiger charge is 1.90. The summed E-state index contributed by atoms with van der Waals surface area (Å²) in [4.78, 5) is 9.61. The second-order valence-corrected chi connectivity index (χ2v) is 1.42. The molecule has 0 heterocycles. The predicted octanol–water partition coefficient (Wildman–Crippen LogP) is -0.920. The molecule has 0 aliphatic carbocycles. The van der Waals surface area contributed by atoms with Gasteiger partial charge in [-0.2, -0.15) is 0 Å². The molecule has 0 rings (SSSR count). The largest absolute Gasteiger partial charge is 0.355 e. The van der Waals surface area contributed by atoms with Crippen molar-refractivity contribution < 1.29 is 4.79 Å². The second-order valence-electron chi connectivity index (χ2n) is 1.42. The van der Waals surface area contributed by atoms with Crippen molar-refractivity contribution in [2.45, 2.75) is 13.0 Å². The molecule has 0 fully saturated rings. The van der Waals surface area contributed by atoms with E-state index in [-0.39, 0.29) is 6.04 Å². The molecule has 1 unspecified atom stereocenters. The molecular formula is C4H10N2O. The van der Waals surface area contributed by atoms with Gasteiger partial charge in [0.15, 0.2) is 0 Å². The van der Waals surface area contributed by atoms with Crippen LogP contribution in [0, 0.1) is 0 Å². The zero-order valence-corrected chi connectivity index (χ0v) is 4.35. The molecule has 3 heteroatoms. The fourth-order valence-corrected chi connectivity index (χ4v) is 0.184. The summed E-state index contributed by atoms with van der Waals surface area (Å²) in [5.74, 6) is 0. The van der Waals surface area contributed by atoms with Crippen LogP contribution in [0.1, 0.15) is 6.92 Å². The van der Waals surface area contributed by atoms with Gasteiger partial charge in [-0.15, -0.1) is 0 Å². The smallest absolute Gasteiger partial charge is 0.207 e. The zero-order chi connectivity index (χ0) is 5.70. The summed E-state index contributed by atoms with van der Waals surface area (Å²) in [6.45, 7) is 2.34. The molecule has 0 aromatic heterocycles. The maximum atomic E-state index is 9.61. The molecule has 3 N–H and O–H groups in total. The Morgan fingerprint density at radius 2 is 2.57 bits per heavy atom. The van der Waals surface area contributed by atoms with E-state index < -0.39 is 0 Å². The van der Waals surface area contributed by atoms with Crippen LogP contribution in [0.4, 0.5) is 0 Å². The molecule has 0 aliphatic rings. The molecule has 0 spiro atoms. The molecule has 1 amide bonds. The van der Waals surface area contributed by atoms with Gasteiger partial charge in [-0.1, -0.05) is 0 Å². The van der Waals surface area contributed by atoms with Crippen LogP contribution < -0.4 is 11.1 Å². The van der Waals surface area contributed by atoms with Crippen molar-refractivity contribution in [1.82, 2.24) is 5.32 Å². The van der Waals surface area contributed by atoms with Gasteiger partial charge in [0, 0.05) is 12.6 Å². The lowest BCUT2D eigenvalue weighted by atomic mass is 10.4. The highest BCUT2D eigenvalue weighted by Crippen LogP contribution is 1.68. The summed E-state index contributed by atoms with van der Waals surface area (Å²) in [5.41, 5.74) is 5.14. The van der Waals surface area contributed by atoms with Crippen LogP contribution in [-0.4, -0.2) is 19.0 Å². The molecule has 0 aromatic rings. The van der Waals surface area contributed by atoms with E-state index in [1.54, 1.807) is 0 Å². The Morgan fingerprint density at radius 1 is 2.00 bits per heavy atom. The third kappa shape index (κ3) is 3.26. The number of nitrogens with two attached hydrogens (primary N) is 1. The van der Waals surface area contributed by atoms with Crippen LogP contribution in [0.15, 0.2) is 0 Å². The van der Waals surface area contributed by atoms with E-state index in [0.29, 0.717) is 13.0 Å². The molecule has 7 heavy (non-hydrogen) atoms. The van der Waals surface area contributed by atoms with Crippen molar-refractivity contribution in [2.24, 2.45) is 5.73 Å². The first-order valence-electron chi connectivity index (χ1n) is 2.21. The molecule has 0 aromatic carbocycles. The molecule has 42 valence electrons. The lowest BCUT2D eigenvalue weighted by Gasteiger charge is -2.02. The third-order valence-corrected chi connectivity index (χ3v) is 0.706. The summed E-state index contributed by atoms with van der Waals surface area (Å²) in [6, 6.07) is 0.109. The Morgan fingerprint density at radius 3 is 2.71 bits per heavy atom. The lowest BCUT2D eigenvalue weighted by Crippen LogP contribution is -2.31. The highest BCUT2D eigenvalue weighted by molar-refractivity contribution is 5.46. The monoisotopic (exact) mass is 102 g/mol. The van der Waals surface area contributed by atoms with Gasteiger partial charge >= 0.3 is 0 Å². The minimum absolute atomic E-state index is 0.109. The molecular weight excluding hydrogens is 92.1 g/mol. The van der Waals surface area contributed by atoms with Crippen molar-refractivity contribution in [3.05, 3.63) is 0 Å². The van der Waals surface area contributed by atoms with E-state index in [0.717, 1.165) is 0 Å². The molecule has 0 saturated heterocycles. The first-order valence-corrected chi connectivity index (χ1v) is 2.21. The van der Waals surface area contributed by atoms with Crippen LogP contribution in [-0.2, 0) is 4.79 Å². The highest BCUT2D eigenvalue weighted by atomic mass is 16.1. The predicted molar refractivity (Wildman–Crippen MR) is 27.7 cm³/mol. The number of rotatable bonds is 3. The number of carbonyl (C=O) groups excluding carboxylic acids is 1. The quantitative estimate of drug-likeness (QED) is 0.453. The van der Waals surface area contributed by atoms with Gasteiger partial charge in [-0.3, -0.25) is 4.79 Å². The minimum Gasteiger partial charge on any atom is -0.355 e. The fourth-order valence-electron chi connectivity index (χ4n) is 0.184. The molecule has 0 aliphatic heterocycles. The van der Waals surface area contributed by atoms with Gasteiger partial charge in [0.1, 0.15) is 0 Å². The van der Waals surface area contributed by atoms with Gasteiger partial charge in [0.05, 0.1) is 0 Å². The lowest BCUT2D eigenvalue weighted by molar-refractivity contribution is -0.110. The number of hydrogen-bond donors (Lipinski definition) is 2. The number of carbonyl (C=O) groups is 1. The SMILES string of the molecule is CC(CN)NC=O. The van der Waals surface area contributed by atoms with Crippen LogP contribution >= 0.6 is 0 Å². The van der Waals surface area contributed by atoms with Crippen LogP contribution in [0.3, 0.4) is 0 Å². The first kappa shape index (κ1) is 6.43. The van der Waals surface area contributed by atoms with E-state index in [1.165, 1.54) is 0 Å². The van der Waals surface area contributed by atoms with Crippen LogP contribution in [0.5, 0.6) is 0 Å². The Balaban J connectivity index is 2.98. The first-order chi connectivity index (χ1) is 3.31. The third-order valence-electron chi connectivity index (χ3n) is 0.706. The Labute approximate surface area is 42.9 Å².